The Morgan fingerprint density at radius 2 is 1.97 bits per heavy atom. The van der Waals surface area contributed by atoms with E-state index < -0.39 is 0 Å². The topological polar surface area (TPSA) is 85.6 Å². The van der Waals surface area contributed by atoms with Crippen LogP contribution < -0.4 is 15.6 Å². The number of fused-ring (bicyclic) bond motifs is 1. The molecule has 0 saturated carbocycles. The Hall–Kier alpha value is -3.52. The molecule has 8 heteroatoms. The normalized spacial score (nSPS) is 10.9. The number of nitrogens with one attached hydrogen (secondary N) is 1. The van der Waals surface area contributed by atoms with Gasteiger partial charge in [-0.1, -0.05) is 54.2 Å². The second-order valence-electron chi connectivity index (χ2n) is 7.12. The lowest BCUT2D eigenvalue weighted by Crippen LogP contribution is -2.29. The van der Waals surface area contributed by atoms with E-state index in [2.05, 4.69) is 22.3 Å². The Morgan fingerprint density at radius 3 is 2.71 bits per heavy atom. The maximum absolute atomic E-state index is 12.4. The summed E-state index contributed by atoms with van der Waals surface area (Å²) < 4.78 is 6.79. The molecule has 0 spiro atoms. The monoisotopic (exact) mass is 434 g/mol. The predicted molar refractivity (Wildman–Crippen MR) is 120 cm³/mol. The fourth-order valence-corrected chi connectivity index (χ4v) is 3.97. The van der Waals surface area contributed by atoms with Gasteiger partial charge in [-0.05, 0) is 37.1 Å². The molecule has 4 aromatic rings. The van der Waals surface area contributed by atoms with Crippen LogP contribution in [0.3, 0.4) is 0 Å². The lowest BCUT2D eigenvalue weighted by Gasteiger charge is -2.07. The summed E-state index contributed by atoms with van der Waals surface area (Å²) in [5, 5.41) is 7.85. The third-order valence-electron chi connectivity index (χ3n) is 4.73. The van der Waals surface area contributed by atoms with Crippen LogP contribution in [0.15, 0.2) is 59.4 Å². The third-order valence-corrected chi connectivity index (χ3v) is 5.69. The molecule has 2 aromatic heterocycles. The molecule has 0 saturated heterocycles. The van der Waals surface area contributed by atoms with Gasteiger partial charge in [0.2, 0.25) is 4.96 Å². The lowest BCUT2D eigenvalue weighted by atomic mass is 10.1. The highest BCUT2D eigenvalue weighted by molar-refractivity contribution is 7.19. The summed E-state index contributed by atoms with van der Waals surface area (Å²) in [4.78, 5) is 29.5. The van der Waals surface area contributed by atoms with Crippen LogP contribution >= 0.6 is 11.3 Å². The molecule has 0 aliphatic rings. The summed E-state index contributed by atoms with van der Waals surface area (Å²) in [6.45, 7) is 4.12. The molecule has 0 aliphatic heterocycles. The van der Waals surface area contributed by atoms with Crippen LogP contribution in [0.25, 0.3) is 15.5 Å². The fourth-order valence-electron chi connectivity index (χ4n) is 3.05. The number of aromatic nitrogens is 3. The van der Waals surface area contributed by atoms with Crippen molar-refractivity contribution in [2.75, 3.05) is 6.61 Å². The number of rotatable bonds is 7. The largest absolute Gasteiger partial charge is 0.484 e. The van der Waals surface area contributed by atoms with Gasteiger partial charge in [0.25, 0.3) is 11.5 Å². The Balaban J connectivity index is 1.41. The van der Waals surface area contributed by atoms with Gasteiger partial charge in [0, 0.05) is 11.6 Å². The molecule has 4 rings (SSSR count). The molecule has 31 heavy (non-hydrogen) atoms. The maximum atomic E-state index is 12.4. The minimum Gasteiger partial charge on any atom is -0.484 e. The first-order valence-electron chi connectivity index (χ1n) is 9.97. The minimum absolute atomic E-state index is 0.106. The highest BCUT2D eigenvalue weighted by Crippen LogP contribution is 2.24. The van der Waals surface area contributed by atoms with Gasteiger partial charge in [0.1, 0.15) is 10.8 Å². The number of carbonyl (C=O) groups is 1. The van der Waals surface area contributed by atoms with E-state index in [0.29, 0.717) is 16.4 Å². The highest BCUT2D eigenvalue weighted by Gasteiger charge is 2.12. The molecule has 0 unspecified atom stereocenters. The number of carbonyl (C=O) groups excluding carboxylic acids is 1. The van der Waals surface area contributed by atoms with Gasteiger partial charge in [-0.15, -0.1) is 0 Å². The molecule has 158 valence electrons. The van der Waals surface area contributed by atoms with Crippen LogP contribution in [0, 0.1) is 6.92 Å². The van der Waals surface area contributed by atoms with E-state index in [1.807, 2.05) is 55.5 Å². The van der Waals surface area contributed by atoms with Crippen molar-refractivity contribution in [1.82, 2.24) is 19.9 Å². The van der Waals surface area contributed by atoms with Crippen LogP contribution in [0.2, 0.25) is 0 Å². The molecule has 2 aromatic carbocycles. The fraction of sp³-hybridized carbons (Fsp3) is 0.217. The number of nitrogens with zero attached hydrogens (tertiary/aromatic N) is 3. The average Bonchev–Trinajstić information content (AvgIpc) is 3.21. The number of aryl methyl sites for hydroxylation is 2. The smallest absolute Gasteiger partial charge is 0.275 e. The van der Waals surface area contributed by atoms with Crippen molar-refractivity contribution in [3.8, 4) is 16.3 Å². The Kier molecular flexibility index (Phi) is 6.08. The lowest BCUT2D eigenvalue weighted by molar-refractivity contribution is -0.123. The molecule has 1 amide bonds. The number of hydrogen-bond acceptors (Lipinski definition) is 6. The van der Waals surface area contributed by atoms with E-state index in [-0.39, 0.29) is 24.6 Å². The van der Waals surface area contributed by atoms with Crippen molar-refractivity contribution in [1.29, 1.82) is 0 Å². The van der Waals surface area contributed by atoms with Gasteiger partial charge in [0.05, 0.1) is 12.2 Å². The standard InChI is InChI=1S/C23H22N4O3S/c1-3-16-7-9-19(10-8-16)30-14-20(28)24-13-18-12-21(29)27-23(25-18)31-22(26-27)17-6-4-5-15(2)11-17/h4-12H,3,13-14H2,1-2H3,(H,24,28). The van der Waals surface area contributed by atoms with Gasteiger partial charge in [-0.25, -0.2) is 4.98 Å². The molecular formula is C23H22N4O3S. The maximum Gasteiger partial charge on any atom is 0.275 e. The summed E-state index contributed by atoms with van der Waals surface area (Å²) in [6.07, 6.45) is 0.949. The zero-order valence-corrected chi connectivity index (χ0v) is 18.1. The number of amides is 1. The molecule has 0 aliphatic carbocycles. The Morgan fingerprint density at radius 1 is 1.16 bits per heavy atom. The average molecular weight is 435 g/mol. The second kappa shape index (κ2) is 9.09. The molecule has 0 atom stereocenters. The van der Waals surface area contributed by atoms with Crippen molar-refractivity contribution >= 4 is 22.2 Å². The number of benzene rings is 2. The predicted octanol–water partition coefficient (Wildman–Crippen LogP) is 3.38. The molecule has 2 heterocycles. The van der Waals surface area contributed by atoms with Gasteiger partial charge in [-0.3, -0.25) is 9.59 Å². The van der Waals surface area contributed by atoms with E-state index in [1.54, 1.807) is 0 Å². The zero-order valence-electron chi connectivity index (χ0n) is 17.3. The molecule has 0 radical (unpaired) electrons. The third kappa shape index (κ3) is 4.97. The Labute approximate surface area is 183 Å². The Bertz CT molecular complexity index is 1280. The summed E-state index contributed by atoms with van der Waals surface area (Å²) in [5.74, 6) is 0.352. The first kappa shape index (κ1) is 20.7. The number of ether oxygens (including phenoxy) is 1. The van der Waals surface area contributed by atoms with Gasteiger partial charge in [-0.2, -0.15) is 9.61 Å². The van der Waals surface area contributed by atoms with Gasteiger partial charge in [0.15, 0.2) is 6.61 Å². The molecular weight excluding hydrogens is 412 g/mol. The summed E-state index contributed by atoms with van der Waals surface area (Å²) in [5.41, 5.74) is 3.46. The van der Waals surface area contributed by atoms with E-state index in [0.717, 1.165) is 22.6 Å². The molecule has 0 bridgehead atoms. The van der Waals surface area contributed by atoms with E-state index in [1.165, 1.54) is 27.5 Å². The first-order valence-corrected chi connectivity index (χ1v) is 10.8. The van der Waals surface area contributed by atoms with Crippen molar-refractivity contribution < 1.29 is 9.53 Å². The van der Waals surface area contributed by atoms with Crippen LogP contribution in [-0.2, 0) is 17.8 Å². The second-order valence-corrected chi connectivity index (χ2v) is 8.08. The summed E-state index contributed by atoms with van der Waals surface area (Å²) in [6, 6.07) is 16.9. The zero-order chi connectivity index (χ0) is 21.8. The minimum atomic E-state index is -0.286. The molecule has 1 N–H and O–H groups in total. The van der Waals surface area contributed by atoms with Crippen molar-refractivity contribution in [2.45, 2.75) is 26.8 Å². The van der Waals surface area contributed by atoms with E-state index >= 15 is 0 Å². The van der Waals surface area contributed by atoms with Gasteiger partial charge < -0.3 is 10.1 Å². The quantitative estimate of drug-likeness (QED) is 0.482. The van der Waals surface area contributed by atoms with Crippen molar-refractivity contribution in [3.05, 3.63) is 81.8 Å². The molecule has 7 nitrogen and oxygen atoms in total. The first-order chi connectivity index (χ1) is 15.0. The molecule has 0 fully saturated rings. The highest BCUT2D eigenvalue weighted by atomic mass is 32.1. The van der Waals surface area contributed by atoms with Crippen LogP contribution in [0.5, 0.6) is 5.75 Å². The summed E-state index contributed by atoms with van der Waals surface area (Å²) >= 11 is 1.34. The summed E-state index contributed by atoms with van der Waals surface area (Å²) in [7, 11) is 0. The van der Waals surface area contributed by atoms with Crippen LogP contribution in [0.1, 0.15) is 23.7 Å². The van der Waals surface area contributed by atoms with Crippen LogP contribution in [0.4, 0.5) is 0 Å². The number of hydrogen-bond donors (Lipinski definition) is 1. The SMILES string of the molecule is CCc1ccc(OCC(=O)NCc2cc(=O)n3nc(-c4cccc(C)c4)sc3n2)cc1. The van der Waals surface area contributed by atoms with Crippen LogP contribution in [-0.4, -0.2) is 27.1 Å². The van der Waals surface area contributed by atoms with Gasteiger partial charge >= 0.3 is 0 Å². The van der Waals surface area contributed by atoms with E-state index in [4.69, 9.17) is 4.74 Å². The van der Waals surface area contributed by atoms with E-state index in [9.17, 15) is 9.59 Å². The van der Waals surface area contributed by atoms with Crippen molar-refractivity contribution in [2.24, 2.45) is 0 Å². The van der Waals surface area contributed by atoms with Crippen molar-refractivity contribution in [3.63, 3.8) is 0 Å².